The molecule has 0 rings (SSSR count). The van der Waals surface area contributed by atoms with Gasteiger partial charge in [0.05, 0.1) is 0 Å². The van der Waals surface area contributed by atoms with Gasteiger partial charge in [-0.2, -0.15) is 0 Å². The first kappa shape index (κ1) is 17.2. The van der Waals surface area contributed by atoms with Crippen molar-refractivity contribution in [3.8, 4) is 0 Å². The van der Waals surface area contributed by atoms with E-state index in [-0.39, 0.29) is 5.48 Å². The van der Waals surface area contributed by atoms with Gasteiger partial charge in [-0.1, -0.05) is 60.3 Å². The summed E-state index contributed by atoms with van der Waals surface area (Å²) < 4.78 is 0. The molecule has 0 aromatic carbocycles. The van der Waals surface area contributed by atoms with Gasteiger partial charge in [0.1, 0.15) is 0 Å². The van der Waals surface area contributed by atoms with Crippen molar-refractivity contribution in [3.63, 3.8) is 0 Å². The van der Waals surface area contributed by atoms with Crippen molar-refractivity contribution in [1.29, 1.82) is 0 Å². The van der Waals surface area contributed by atoms with Crippen LogP contribution in [0, 0.1) is 5.92 Å². The summed E-state index contributed by atoms with van der Waals surface area (Å²) in [6.45, 7) is 11.1. The van der Waals surface area contributed by atoms with Crippen LogP contribution in [0.5, 0.6) is 0 Å². The van der Waals surface area contributed by atoms with Gasteiger partial charge in [0.15, 0.2) is 0 Å². The predicted molar refractivity (Wildman–Crippen MR) is 53.9 cm³/mol. The zero-order chi connectivity index (χ0) is 8.41. The van der Waals surface area contributed by atoms with Crippen molar-refractivity contribution in [3.05, 3.63) is 0 Å². The normalized spacial score (nSPS) is 10.6. The van der Waals surface area contributed by atoms with Crippen molar-refractivity contribution in [2.24, 2.45) is 5.92 Å². The zero-order valence-corrected chi connectivity index (χ0v) is 8.91. The Morgan fingerprint density at radius 2 is 1.36 bits per heavy atom. The highest BCUT2D eigenvalue weighted by atomic mass is 16.0. The predicted octanol–water partition coefficient (Wildman–Crippen LogP) is 3.42. The van der Waals surface area contributed by atoms with E-state index in [1.54, 1.807) is 0 Å². The minimum atomic E-state index is 0. The number of hydrogen-bond acceptors (Lipinski definition) is 0. The molecule has 0 aromatic heterocycles. The van der Waals surface area contributed by atoms with E-state index in [1.807, 2.05) is 0 Å². The smallest absolute Gasteiger partial charge is 0.0446 e. The fourth-order valence-corrected chi connectivity index (χ4v) is 0.697. The lowest BCUT2D eigenvalue weighted by molar-refractivity contribution is 0.509. The third-order valence-electron chi connectivity index (χ3n) is 1.48. The Morgan fingerprint density at radius 3 is 1.45 bits per heavy atom. The molecule has 0 radical (unpaired) electrons. The Bertz CT molecular complexity index is 44.1. The van der Waals surface area contributed by atoms with Gasteiger partial charge in [0.2, 0.25) is 0 Å². The molecule has 0 amide bonds. The Balaban J connectivity index is -0.000000140. The van der Waals surface area contributed by atoms with E-state index < -0.39 is 0 Å². The van der Waals surface area contributed by atoms with Crippen LogP contribution in [0.4, 0.5) is 0 Å². The van der Waals surface area contributed by atoms with Gasteiger partial charge in [-0.25, -0.2) is 0 Å². The number of rotatable bonds is 3. The van der Waals surface area contributed by atoms with Crippen molar-refractivity contribution < 1.29 is 5.48 Å². The van der Waals surface area contributed by atoms with E-state index in [1.165, 1.54) is 25.7 Å². The maximum absolute atomic E-state index is 2.31. The van der Waals surface area contributed by atoms with Crippen molar-refractivity contribution in [2.75, 3.05) is 0 Å². The molecule has 0 aromatic rings. The molecule has 1 unspecified atom stereocenters. The highest BCUT2D eigenvalue weighted by Crippen LogP contribution is 2.07. The summed E-state index contributed by atoms with van der Waals surface area (Å²) in [6, 6.07) is 0. The third-order valence-corrected chi connectivity index (χ3v) is 1.48. The molecule has 0 saturated carbocycles. The highest BCUT2D eigenvalue weighted by molar-refractivity contribution is 4.45. The summed E-state index contributed by atoms with van der Waals surface area (Å²) in [6.07, 6.45) is 5.33. The summed E-state index contributed by atoms with van der Waals surface area (Å²) >= 11 is 0. The molecule has 0 saturated heterocycles. The van der Waals surface area contributed by atoms with Gasteiger partial charge < -0.3 is 5.48 Å². The van der Waals surface area contributed by atoms with Crippen LogP contribution in [0.1, 0.15) is 60.3 Å². The standard InChI is InChI=1S/C7H16.C3H8.H2O/c1-4-6-7(3)5-2;1-3-2;/h7H,4-6H2,1-3H3;3H2,1-2H3;1H2. The average molecular weight is 162 g/mol. The first-order chi connectivity index (χ1) is 4.72. The van der Waals surface area contributed by atoms with Gasteiger partial charge in [0.25, 0.3) is 0 Å². The van der Waals surface area contributed by atoms with Crippen LogP contribution in [-0.4, -0.2) is 5.48 Å². The largest absolute Gasteiger partial charge is 0.412 e. The Hall–Kier alpha value is -0.0400. The monoisotopic (exact) mass is 162 g/mol. The van der Waals surface area contributed by atoms with Gasteiger partial charge in [-0.05, 0) is 5.92 Å². The average Bonchev–Trinajstić information content (AvgIpc) is 1.90. The molecule has 2 N–H and O–H groups in total. The second kappa shape index (κ2) is 16.5. The molecule has 11 heavy (non-hydrogen) atoms. The maximum atomic E-state index is 2.31. The molecule has 1 atom stereocenters. The third kappa shape index (κ3) is 25.7. The molecule has 72 valence electrons. The SMILES string of the molecule is CCC.CCCC(C)CC.O. The second-order valence-electron chi connectivity index (χ2n) is 3.01. The molecule has 0 bridgehead atoms. The van der Waals surface area contributed by atoms with E-state index >= 15 is 0 Å². The molecule has 1 nitrogen and oxygen atoms in total. The van der Waals surface area contributed by atoms with Gasteiger partial charge in [-0.3, -0.25) is 0 Å². The van der Waals surface area contributed by atoms with Crippen LogP contribution >= 0.6 is 0 Å². The fraction of sp³-hybridized carbons (Fsp3) is 1.00. The quantitative estimate of drug-likeness (QED) is 0.609. The first-order valence-corrected chi connectivity index (χ1v) is 4.72. The minimum absolute atomic E-state index is 0. The second-order valence-corrected chi connectivity index (χ2v) is 3.01. The van der Waals surface area contributed by atoms with E-state index in [9.17, 15) is 0 Å². The minimum Gasteiger partial charge on any atom is -0.412 e. The Labute approximate surface area is 72.5 Å². The molecule has 0 spiro atoms. The molecule has 0 aliphatic rings. The van der Waals surface area contributed by atoms with Crippen LogP contribution in [0.15, 0.2) is 0 Å². The molecule has 0 heterocycles. The lowest BCUT2D eigenvalue weighted by Crippen LogP contribution is -1.88. The van der Waals surface area contributed by atoms with E-state index in [4.69, 9.17) is 0 Å². The van der Waals surface area contributed by atoms with Crippen molar-refractivity contribution >= 4 is 0 Å². The molecule has 1 heteroatoms. The first-order valence-electron chi connectivity index (χ1n) is 4.72. The van der Waals surface area contributed by atoms with E-state index in [2.05, 4.69) is 34.6 Å². The summed E-state index contributed by atoms with van der Waals surface area (Å²) in [5, 5.41) is 0. The van der Waals surface area contributed by atoms with Crippen molar-refractivity contribution in [2.45, 2.75) is 60.3 Å². The zero-order valence-electron chi connectivity index (χ0n) is 8.91. The summed E-state index contributed by atoms with van der Waals surface area (Å²) in [4.78, 5) is 0. The van der Waals surface area contributed by atoms with Gasteiger partial charge >= 0.3 is 0 Å². The molecule has 0 fully saturated rings. The summed E-state index contributed by atoms with van der Waals surface area (Å²) in [7, 11) is 0. The highest BCUT2D eigenvalue weighted by Gasteiger charge is 1.92. The van der Waals surface area contributed by atoms with Gasteiger partial charge in [0, 0.05) is 0 Å². The van der Waals surface area contributed by atoms with Crippen LogP contribution in [-0.2, 0) is 0 Å². The Morgan fingerprint density at radius 1 is 1.00 bits per heavy atom. The van der Waals surface area contributed by atoms with E-state index in [0.29, 0.717) is 0 Å². The van der Waals surface area contributed by atoms with Crippen molar-refractivity contribution in [1.82, 2.24) is 0 Å². The lowest BCUT2D eigenvalue weighted by Gasteiger charge is -2.02. The molecular formula is C10H26O. The topological polar surface area (TPSA) is 31.5 Å². The van der Waals surface area contributed by atoms with Gasteiger partial charge in [-0.15, -0.1) is 0 Å². The summed E-state index contributed by atoms with van der Waals surface area (Å²) in [5.41, 5.74) is 0. The maximum Gasteiger partial charge on any atom is -0.0446 e. The molecular weight excluding hydrogens is 136 g/mol. The van der Waals surface area contributed by atoms with Crippen LogP contribution in [0.2, 0.25) is 0 Å². The lowest BCUT2D eigenvalue weighted by atomic mass is 10.0. The van der Waals surface area contributed by atoms with Crippen LogP contribution in [0.25, 0.3) is 0 Å². The molecule has 0 aliphatic heterocycles. The Kier molecular flexibility index (Phi) is 25.7. The number of hydrogen-bond donors (Lipinski definition) is 0. The van der Waals surface area contributed by atoms with Crippen LogP contribution < -0.4 is 0 Å². The summed E-state index contributed by atoms with van der Waals surface area (Å²) in [5.74, 6) is 0.949. The van der Waals surface area contributed by atoms with E-state index in [0.717, 1.165) is 5.92 Å². The van der Waals surface area contributed by atoms with Crippen LogP contribution in [0.3, 0.4) is 0 Å². The fourth-order valence-electron chi connectivity index (χ4n) is 0.697. The molecule has 0 aliphatic carbocycles.